The number of rotatable bonds is 5. The number of quaternary nitrogens is 1. The van der Waals surface area contributed by atoms with Gasteiger partial charge in [0.1, 0.15) is 6.04 Å². The van der Waals surface area contributed by atoms with Crippen molar-refractivity contribution >= 4 is 12.0 Å². The molecule has 2 amide bonds. The van der Waals surface area contributed by atoms with Gasteiger partial charge in [-0.3, -0.25) is 4.79 Å². The quantitative estimate of drug-likeness (QED) is 0.800. The molecule has 0 saturated carbocycles. The molecule has 7 nitrogen and oxygen atoms in total. The number of nitrogens with zero attached hydrogens (tertiary/aromatic N) is 2. The third kappa shape index (κ3) is 4.38. The van der Waals surface area contributed by atoms with Crippen molar-refractivity contribution in [1.29, 1.82) is 0 Å². The zero-order chi connectivity index (χ0) is 18.5. The van der Waals surface area contributed by atoms with Crippen LogP contribution < -0.4 is 10.2 Å². The maximum Gasteiger partial charge on any atom is 0.409 e. The lowest BCUT2D eigenvalue weighted by Gasteiger charge is -2.32. The Balaban J connectivity index is 1.46. The first-order valence-corrected chi connectivity index (χ1v) is 9.75. The Hall–Kier alpha value is -2.02. The number of hydrogen-bond donors (Lipinski definition) is 2. The van der Waals surface area contributed by atoms with E-state index < -0.39 is 0 Å². The van der Waals surface area contributed by atoms with Crippen LogP contribution in [0.4, 0.5) is 4.79 Å². The van der Waals surface area contributed by atoms with E-state index >= 15 is 0 Å². The van der Waals surface area contributed by atoms with Gasteiger partial charge < -0.3 is 24.4 Å². The topological polar surface area (TPSA) is 68.0 Å². The summed E-state index contributed by atoms with van der Waals surface area (Å²) in [7, 11) is 2.07. The van der Waals surface area contributed by atoms with Crippen molar-refractivity contribution < 1.29 is 19.2 Å². The zero-order valence-electron chi connectivity index (χ0n) is 15.9. The number of nitrogens with one attached hydrogen (secondary N) is 2. The van der Waals surface area contributed by atoms with Crippen molar-refractivity contribution in [2.75, 3.05) is 32.8 Å². The van der Waals surface area contributed by atoms with Gasteiger partial charge in [0.05, 0.1) is 18.8 Å². The van der Waals surface area contributed by atoms with Crippen LogP contribution in [0.2, 0.25) is 0 Å². The first-order valence-electron chi connectivity index (χ1n) is 9.75. The molecule has 2 saturated heterocycles. The maximum absolute atomic E-state index is 12.5. The highest BCUT2D eigenvalue weighted by molar-refractivity contribution is 5.77. The van der Waals surface area contributed by atoms with E-state index in [2.05, 4.69) is 35.3 Å². The second kappa shape index (κ2) is 8.58. The minimum atomic E-state index is -0.246. The van der Waals surface area contributed by atoms with Gasteiger partial charge in [-0.1, -0.05) is 0 Å². The average molecular weight is 363 g/mol. The summed E-state index contributed by atoms with van der Waals surface area (Å²) in [6.45, 7) is 5.07. The molecule has 2 aliphatic rings. The number of amides is 2. The number of aromatic nitrogens is 1. The molecule has 2 fully saturated rings. The number of carbonyl (C=O) groups excluding carboxylic acids is 2. The Kier molecular flexibility index (Phi) is 6.19. The summed E-state index contributed by atoms with van der Waals surface area (Å²) < 4.78 is 7.20. The lowest BCUT2D eigenvalue weighted by atomic mass is 10.1. The molecule has 0 aliphatic carbocycles. The molecule has 1 unspecified atom stereocenters. The molecule has 3 heterocycles. The first kappa shape index (κ1) is 18.8. The van der Waals surface area contributed by atoms with Crippen molar-refractivity contribution in [3.63, 3.8) is 0 Å². The molecule has 7 heteroatoms. The lowest BCUT2D eigenvalue weighted by Crippen LogP contribution is -3.11. The Bertz CT molecular complexity index is 622. The highest BCUT2D eigenvalue weighted by Gasteiger charge is 2.33. The fraction of sp³-hybridized carbons (Fsp3) is 0.684. The molecule has 0 aromatic carbocycles. The van der Waals surface area contributed by atoms with Crippen LogP contribution in [0.15, 0.2) is 18.3 Å². The SMILES string of the molecule is CCOC(=O)N1CCC(NC(=O)C[NH+]2CCC[C@@H]2c2cccn2C)CC1. The predicted octanol–water partition coefficient (Wildman–Crippen LogP) is 0.482. The molecule has 144 valence electrons. The van der Waals surface area contributed by atoms with Crippen LogP contribution >= 0.6 is 0 Å². The third-order valence-electron chi connectivity index (χ3n) is 5.60. The summed E-state index contributed by atoms with van der Waals surface area (Å²) in [5, 5.41) is 3.17. The Labute approximate surface area is 155 Å². The van der Waals surface area contributed by atoms with Gasteiger partial charge >= 0.3 is 6.09 Å². The van der Waals surface area contributed by atoms with Gasteiger partial charge in [0.2, 0.25) is 0 Å². The van der Waals surface area contributed by atoms with Crippen LogP contribution in [0.25, 0.3) is 0 Å². The zero-order valence-corrected chi connectivity index (χ0v) is 15.9. The fourth-order valence-electron chi connectivity index (χ4n) is 4.22. The molecule has 2 N–H and O–H groups in total. The highest BCUT2D eigenvalue weighted by atomic mass is 16.6. The van der Waals surface area contributed by atoms with E-state index in [4.69, 9.17) is 4.74 Å². The standard InChI is InChI=1S/C19H30N4O3/c1-3-26-19(25)22-12-8-15(9-13-22)20-18(24)14-23-11-5-7-17(23)16-6-4-10-21(16)2/h4,6,10,15,17H,3,5,7-9,11-14H2,1-2H3,(H,20,24)/p+1/t17-/m1/s1. The minimum absolute atomic E-state index is 0.121. The summed E-state index contributed by atoms with van der Waals surface area (Å²) in [6, 6.07) is 4.80. The van der Waals surface area contributed by atoms with Crippen molar-refractivity contribution in [3.05, 3.63) is 24.0 Å². The van der Waals surface area contributed by atoms with Gasteiger partial charge in [-0.25, -0.2) is 4.79 Å². The molecular weight excluding hydrogens is 332 g/mol. The maximum atomic E-state index is 12.5. The van der Waals surface area contributed by atoms with Crippen LogP contribution in [-0.4, -0.2) is 60.3 Å². The smallest absolute Gasteiger partial charge is 0.409 e. The van der Waals surface area contributed by atoms with Crippen LogP contribution in [0.5, 0.6) is 0 Å². The van der Waals surface area contributed by atoms with Crippen LogP contribution in [0.3, 0.4) is 0 Å². The molecular formula is C19H31N4O3+. The number of hydrogen-bond acceptors (Lipinski definition) is 3. The fourth-order valence-corrected chi connectivity index (χ4v) is 4.22. The molecule has 0 radical (unpaired) electrons. The molecule has 3 rings (SSSR count). The van der Waals surface area contributed by atoms with Crippen molar-refractivity contribution in [2.45, 2.75) is 44.7 Å². The average Bonchev–Trinajstić information content (AvgIpc) is 3.24. The summed E-state index contributed by atoms with van der Waals surface area (Å²) in [5.41, 5.74) is 1.31. The summed E-state index contributed by atoms with van der Waals surface area (Å²) in [5.74, 6) is 0.121. The third-order valence-corrected chi connectivity index (χ3v) is 5.60. The number of carbonyl (C=O) groups is 2. The molecule has 1 aromatic heterocycles. The lowest BCUT2D eigenvalue weighted by molar-refractivity contribution is -0.911. The number of ether oxygens (including phenoxy) is 1. The molecule has 26 heavy (non-hydrogen) atoms. The van der Waals surface area contributed by atoms with Crippen LogP contribution in [0, 0.1) is 0 Å². The summed E-state index contributed by atoms with van der Waals surface area (Å²) >= 11 is 0. The highest BCUT2D eigenvalue weighted by Crippen LogP contribution is 2.19. The first-order chi connectivity index (χ1) is 12.6. The molecule has 2 aliphatic heterocycles. The van der Waals surface area contributed by atoms with Gasteiger partial charge in [0.15, 0.2) is 6.54 Å². The summed E-state index contributed by atoms with van der Waals surface area (Å²) in [6.07, 6.45) is 5.71. The van der Waals surface area contributed by atoms with Gasteiger partial charge in [0.25, 0.3) is 5.91 Å². The molecule has 0 bridgehead atoms. The molecule has 0 spiro atoms. The van der Waals surface area contributed by atoms with Gasteiger partial charge in [-0.2, -0.15) is 0 Å². The van der Waals surface area contributed by atoms with Gasteiger partial charge in [-0.15, -0.1) is 0 Å². The normalized spacial score (nSPS) is 23.8. The minimum Gasteiger partial charge on any atom is -0.450 e. The van der Waals surface area contributed by atoms with E-state index in [9.17, 15) is 9.59 Å². The molecule has 2 atom stereocenters. The molecule has 1 aromatic rings. The monoisotopic (exact) mass is 363 g/mol. The number of aryl methyl sites for hydroxylation is 1. The van der Waals surface area contributed by atoms with E-state index in [-0.39, 0.29) is 18.0 Å². The van der Waals surface area contributed by atoms with Crippen LogP contribution in [-0.2, 0) is 16.6 Å². The van der Waals surface area contributed by atoms with E-state index in [0.717, 1.165) is 32.2 Å². The van der Waals surface area contributed by atoms with E-state index in [1.54, 1.807) is 4.90 Å². The van der Waals surface area contributed by atoms with Crippen molar-refractivity contribution in [3.8, 4) is 0 Å². The Morgan fingerprint density at radius 3 is 2.73 bits per heavy atom. The Morgan fingerprint density at radius 1 is 1.31 bits per heavy atom. The second-order valence-electron chi connectivity index (χ2n) is 7.35. The predicted molar refractivity (Wildman–Crippen MR) is 97.8 cm³/mol. The second-order valence-corrected chi connectivity index (χ2v) is 7.35. The van der Waals surface area contributed by atoms with Gasteiger partial charge in [0, 0.05) is 45.2 Å². The van der Waals surface area contributed by atoms with Crippen LogP contribution in [0.1, 0.15) is 44.3 Å². The van der Waals surface area contributed by atoms with Gasteiger partial charge in [-0.05, 0) is 31.9 Å². The Morgan fingerprint density at radius 2 is 2.08 bits per heavy atom. The largest absolute Gasteiger partial charge is 0.450 e. The van der Waals surface area contributed by atoms with E-state index in [1.165, 1.54) is 10.6 Å². The number of likely N-dealkylation sites (tertiary alicyclic amines) is 2. The summed E-state index contributed by atoms with van der Waals surface area (Å²) in [4.78, 5) is 27.4. The van der Waals surface area contributed by atoms with E-state index in [1.807, 2.05) is 6.92 Å². The van der Waals surface area contributed by atoms with E-state index in [0.29, 0.717) is 32.3 Å². The van der Waals surface area contributed by atoms with Crippen molar-refractivity contribution in [1.82, 2.24) is 14.8 Å². The van der Waals surface area contributed by atoms with Crippen molar-refractivity contribution in [2.24, 2.45) is 7.05 Å². The number of piperidine rings is 1.